The summed E-state index contributed by atoms with van der Waals surface area (Å²) in [5, 5.41) is 1.36. The monoisotopic (exact) mass is 347 g/mol. The van der Waals surface area contributed by atoms with Gasteiger partial charge in [0, 0.05) is 13.8 Å². The van der Waals surface area contributed by atoms with E-state index in [1.165, 1.54) is 60.9 Å². The molecule has 0 atom stereocenters. The van der Waals surface area contributed by atoms with E-state index in [0.717, 1.165) is 11.6 Å². The molecule has 0 aliphatic heterocycles. The van der Waals surface area contributed by atoms with Crippen LogP contribution in [0, 0.1) is 12.8 Å². The molecule has 1 fully saturated rings. The molecule has 0 amide bonds. The van der Waals surface area contributed by atoms with E-state index >= 15 is 0 Å². The molecule has 0 aromatic heterocycles. The third-order valence-electron chi connectivity index (χ3n) is 4.55. The van der Waals surface area contributed by atoms with Crippen molar-refractivity contribution in [2.75, 3.05) is 5.75 Å². The lowest BCUT2D eigenvalue weighted by molar-refractivity contribution is 0.391. The average Bonchev–Trinajstić information content (AvgIpc) is 2.50. The normalized spacial score (nSPS) is 17.5. The first kappa shape index (κ1) is 18.8. The summed E-state index contributed by atoms with van der Waals surface area (Å²) in [6.45, 7) is 9.53. The van der Waals surface area contributed by atoms with Crippen LogP contribution in [0.2, 0.25) is 25.7 Å². The van der Waals surface area contributed by atoms with Crippen molar-refractivity contribution >= 4 is 30.6 Å². The molecule has 1 aliphatic rings. The molecule has 0 unspecified atom stereocenters. The van der Waals surface area contributed by atoms with E-state index in [1.54, 1.807) is 0 Å². The molecule has 1 aliphatic carbocycles. The Hall–Kier alpha value is -0.543. The second-order valence-electron chi connectivity index (χ2n) is 8.22. The van der Waals surface area contributed by atoms with Crippen LogP contribution < -0.4 is 0 Å². The fraction of sp³-hybridized carbons (Fsp3) is 0.650. The van der Waals surface area contributed by atoms with Crippen molar-refractivity contribution in [2.24, 2.45) is 10.9 Å². The summed E-state index contributed by atoms with van der Waals surface area (Å²) in [5.74, 6) is 2.19. The molecule has 1 aromatic rings. The van der Waals surface area contributed by atoms with Crippen LogP contribution in [0.3, 0.4) is 0 Å². The third kappa shape index (κ3) is 7.71. The zero-order valence-corrected chi connectivity index (χ0v) is 17.2. The summed E-state index contributed by atoms with van der Waals surface area (Å²) in [5.41, 5.74) is 2.43. The van der Waals surface area contributed by atoms with Gasteiger partial charge in [-0.05, 0) is 49.8 Å². The minimum absolute atomic E-state index is 0.920. The van der Waals surface area contributed by atoms with Crippen molar-refractivity contribution in [2.45, 2.75) is 71.1 Å². The average molecular weight is 348 g/mol. The molecule has 23 heavy (non-hydrogen) atoms. The Bertz CT molecular complexity index is 513. The first-order valence-corrected chi connectivity index (χ1v) is 13.9. The molecule has 0 spiro atoms. The van der Waals surface area contributed by atoms with Crippen molar-refractivity contribution in [3.05, 3.63) is 29.8 Å². The van der Waals surface area contributed by atoms with Gasteiger partial charge in [0.2, 0.25) is 0 Å². The summed E-state index contributed by atoms with van der Waals surface area (Å²) >= 11 is 2.04. The second-order valence-corrected chi connectivity index (χ2v) is 14.9. The third-order valence-corrected chi connectivity index (χ3v) is 7.57. The highest BCUT2D eigenvalue weighted by Crippen LogP contribution is 2.29. The van der Waals surface area contributed by atoms with Crippen LogP contribution >= 0.6 is 11.8 Å². The van der Waals surface area contributed by atoms with Crippen molar-refractivity contribution < 1.29 is 0 Å². The Labute approximate surface area is 148 Å². The summed E-state index contributed by atoms with van der Waals surface area (Å²) in [6.07, 6.45) is 8.34. The molecule has 0 N–H and O–H groups in total. The molecule has 0 saturated heterocycles. The van der Waals surface area contributed by atoms with Crippen LogP contribution in [0.4, 0.5) is 5.69 Å². The zero-order valence-electron chi connectivity index (χ0n) is 15.4. The summed E-state index contributed by atoms with van der Waals surface area (Å²) in [6, 6.07) is 9.96. The van der Waals surface area contributed by atoms with Crippen LogP contribution in [-0.2, 0) is 0 Å². The van der Waals surface area contributed by atoms with Crippen LogP contribution in [0.1, 0.15) is 44.1 Å². The number of aliphatic imine (C=N–C) groups is 1. The van der Waals surface area contributed by atoms with Gasteiger partial charge < -0.3 is 0 Å². The van der Waals surface area contributed by atoms with Gasteiger partial charge >= 0.3 is 0 Å². The van der Waals surface area contributed by atoms with E-state index in [2.05, 4.69) is 50.8 Å². The molecule has 2 rings (SSSR count). The van der Waals surface area contributed by atoms with Gasteiger partial charge in [0.1, 0.15) is 0 Å². The fourth-order valence-electron chi connectivity index (χ4n) is 3.05. The fourth-order valence-corrected chi connectivity index (χ4v) is 5.40. The maximum atomic E-state index is 5.01. The zero-order chi connectivity index (χ0) is 16.7. The Morgan fingerprint density at radius 3 is 2.57 bits per heavy atom. The van der Waals surface area contributed by atoms with Crippen molar-refractivity contribution in [1.82, 2.24) is 0 Å². The maximum absolute atomic E-state index is 5.01. The molecule has 3 heteroatoms. The number of hydrogen-bond donors (Lipinski definition) is 0. The van der Waals surface area contributed by atoms with Gasteiger partial charge in [-0.1, -0.05) is 57.1 Å². The highest BCUT2D eigenvalue weighted by atomic mass is 32.2. The van der Waals surface area contributed by atoms with Crippen LogP contribution in [0.25, 0.3) is 0 Å². The standard InChI is InChI=1S/C20H33NSSi/c1-17-9-8-12-19(15-17)21-20(13-14-23(2,3)4)22-16-18-10-6-5-7-11-18/h8-9,12,15,18H,5-7,10-11,13-14,16H2,1-4H3. The molecular weight excluding hydrogens is 314 g/mol. The van der Waals surface area contributed by atoms with E-state index in [9.17, 15) is 0 Å². The van der Waals surface area contributed by atoms with Crippen LogP contribution in [0.5, 0.6) is 0 Å². The van der Waals surface area contributed by atoms with Gasteiger partial charge in [0.25, 0.3) is 0 Å². The van der Waals surface area contributed by atoms with Gasteiger partial charge in [-0.2, -0.15) is 0 Å². The number of nitrogens with zero attached hydrogens (tertiary/aromatic N) is 1. The van der Waals surface area contributed by atoms with Gasteiger partial charge in [-0.25, -0.2) is 4.99 Å². The number of rotatable bonds is 6. The SMILES string of the molecule is Cc1cccc(N=C(CC[Si](C)(C)C)SCC2CCCCC2)c1. The van der Waals surface area contributed by atoms with E-state index in [0.29, 0.717) is 0 Å². The molecule has 0 bridgehead atoms. The quantitative estimate of drug-likeness (QED) is 0.304. The Balaban J connectivity index is 2.01. The van der Waals surface area contributed by atoms with E-state index in [1.807, 2.05) is 11.8 Å². The van der Waals surface area contributed by atoms with E-state index < -0.39 is 8.07 Å². The number of benzene rings is 1. The molecule has 1 saturated carbocycles. The predicted octanol–water partition coefficient (Wildman–Crippen LogP) is 7.07. The Morgan fingerprint density at radius 1 is 1.17 bits per heavy atom. The smallest absolute Gasteiger partial charge is 0.0735 e. The maximum Gasteiger partial charge on any atom is 0.0735 e. The minimum atomic E-state index is -1.01. The van der Waals surface area contributed by atoms with Crippen LogP contribution in [-0.4, -0.2) is 18.9 Å². The molecule has 128 valence electrons. The van der Waals surface area contributed by atoms with Gasteiger partial charge in [-0.15, -0.1) is 11.8 Å². The van der Waals surface area contributed by atoms with Crippen molar-refractivity contribution in [3.8, 4) is 0 Å². The molecular formula is C20H33NSSi. The second kappa shape index (κ2) is 9.07. The highest BCUT2D eigenvalue weighted by molar-refractivity contribution is 8.13. The molecule has 0 heterocycles. The summed E-state index contributed by atoms with van der Waals surface area (Å²) in [7, 11) is -1.01. The first-order chi connectivity index (χ1) is 10.9. The van der Waals surface area contributed by atoms with E-state index in [-0.39, 0.29) is 0 Å². The lowest BCUT2D eigenvalue weighted by atomic mass is 9.91. The Kier molecular flexibility index (Phi) is 7.41. The molecule has 0 radical (unpaired) electrons. The highest BCUT2D eigenvalue weighted by Gasteiger charge is 2.17. The lowest BCUT2D eigenvalue weighted by Gasteiger charge is -2.22. The largest absolute Gasteiger partial charge is 0.247 e. The van der Waals surface area contributed by atoms with E-state index in [4.69, 9.17) is 4.99 Å². The molecule has 1 nitrogen and oxygen atoms in total. The van der Waals surface area contributed by atoms with Crippen LogP contribution in [0.15, 0.2) is 29.3 Å². The number of aryl methyl sites for hydroxylation is 1. The minimum Gasteiger partial charge on any atom is -0.247 e. The van der Waals surface area contributed by atoms with Crippen molar-refractivity contribution in [3.63, 3.8) is 0 Å². The lowest BCUT2D eigenvalue weighted by Crippen LogP contribution is -2.20. The summed E-state index contributed by atoms with van der Waals surface area (Å²) in [4.78, 5) is 5.01. The van der Waals surface area contributed by atoms with Gasteiger partial charge in [0.05, 0.1) is 10.7 Å². The van der Waals surface area contributed by atoms with Gasteiger partial charge in [0.15, 0.2) is 0 Å². The van der Waals surface area contributed by atoms with Crippen molar-refractivity contribution in [1.29, 1.82) is 0 Å². The summed E-state index contributed by atoms with van der Waals surface area (Å²) < 4.78 is 0. The Morgan fingerprint density at radius 2 is 1.91 bits per heavy atom. The number of thioether (sulfide) groups is 1. The van der Waals surface area contributed by atoms with Gasteiger partial charge in [-0.3, -0.25) is 0 Å². The first-order valence-electron chi connectivity index (χ1n) is 9.19. The molecule has 1 aromatic carbocycles. The topological polar surface area (TPSA) is 12.4 Å². The predicted molar refractivity (Wildman–Crippen MR) is 110 cm³/mol. The number of hydrogen-bond acceptors (Lipinski definition) is 2.